The third-order valence-corrected chi connectivity index (χ3v) is 3.02. The van der Waals surface area contributed by atoms with Crippen LogP contribution in [0.5, 0.6) is 11.5 Å². The van der Waals surface area contributed by atoms with Crippen LogP contribution < -0.4 is 0 Å². The second-order valence-corrected chi connectivity index (χ2v) is 4.34. The number of phenols is 2. The standard InChI is InChI=1S/C13H4F8O2/c14-4-2(5(15)9(19)12(22)8(4)18)1-3-6(16)10(20)13(23)11(21)7(3)17/h22-23H,1H2. The number of benzene rings is 2. The molecule has 10 heteroatoms. The number of aromatic hydroxyl groups is 2. The molecule has 124 valence electrons. The first kappa shape index (κ1) is 16.8. The van der Waals surface area contributed by atoms with Crippen molar-refractivity contribution in [2.24, 2.45) is 0 Å². The highest BCUT2D eigenvalue weighted by atomic mass is 19.2. The molecule has 0 aliphatic rings. The van der Waals surface area contributed by atoms with Crippen LogP contribution in [0.2, 0.25) is 0 Å². The van der Waals surface area contributed by atoms with Crippen molar-refractivity contribution in [3.8, 4) is 11.5 Å². The first-order valence-corrected chi connectivity index (χ1v) is 5.67. The molecule has 0 heterocycles. The third-order valence-electron chi connectivity index (χ3n) is 3.02. The lowest BCUT2D eigenvalue weighted by atomic mass is 10.0. The molecule has 0 atom stereocenters. The van der Waals surface area contributed by atoms with Gasteiger partial charge in [-0.15, -0.1) is 0 Å². The summed E-state index contributed by atoms with van der Waals surface area (Å²) in [6.45, 7) is 0. The second kappa shape index (κ2) is 5.60. The topological polar surface area (TPSA) is 40.5 Å². The molecule has 0 aromatic heterocycles. The molecule has 0 radical (unpaired) electrons. The van der Waals surface area contributed by atoms with E-state index in [2.05, 4.69) is 0 Å². The Labute approximate surface area is 122 Å². The monoisotopic (exact) mass is 344 g/mol. The lowest BCUT2D eigenvalue weighted by molar-refractivity contribution is 0.345. The predicted molar refractivity (Wildman–Crippen MR) is 58.7 cm³/mol. The Morgan fingerprint density at radius 1 is 0.435 bits per heavy atom. The molecule has 0 bridgehead atoms. The molecule has 2 N–H and O–H groups in total. The maximum Gasteiger partial charge on any atom is 0.203 e. The van der Waals surface area contributed by atoms with Gasteiger partial charge in [0, 0.05) is 17.5 Å². The molecule has 0 aliphatic carbocycles. The van der Waals surface area contributed by atoms with E-state index in [1.807, 2.05) is 0 Å². The van der Waals surface area contributed by atoms with Crippen LogP contribution in [0.25, 0.3) is 0 Å². The van der Waals surface area contributed by atoms with Gasteiger partial charge in [0.1, 0.15) is 0 Å². The van der Waals surface area contributed by atoms with E-state index in [0.717, 1.165) is 0 Å². The second-order valence-electron chi connectivity index (χ2n) is 4.34. The van der Waals surface area contributed by atoms with E-state index in [1.54, 1.807) is 0 Å². The zero-order valence-electron chi connectivity index (χ0n) is 10.6. The van der Waals surface area contributed by atoms with Gasteiger partial charge in [-0.2, -0.15) is 17.6 Å². The maximum absolute atomic E-state index is 13.5. The molecule has 0 spiro atoms. The smallest absolute Gasteiger partial charge is 0.203 e. The summed E-state index contributed by atoms with van der Waals surface area (Å²) in [5.74, 6) is -21.8. The SMILES string of the molecule is Oc1c(F)c(F)c(Cc2c(F)c(F)c(O)c(F)c2F)c(F)c1F. The fraction of sp³-hybridized carbons (Fsp3) is 0.0769. The highest BCUT2D eigenvalue weighted by Gasteiger charge is 2.30. The van der Waals surface area contributed by atoms with E-state index in [-0.39, 0.29) is 0 Å². The van der Waals surface area contributed by atoms with Crippen molar-refractivity contribution in [1.29, 1.82) is 0 Å². The largest absolute Gasteiger partial charge is 0.503 e. The van der Waals surface area contributed by atoms with Crippen molar-refractivity contribution in [1.82, 2.24) is 0 Å². The summed E-state index contributed by atoms with van der Waals surface area (Å²) in [6, 6.07) is 0. The first-order chi connectivity index (χ1) is 10.6. The van der Waals surface area contributed by atoms with E-state index in [0.29, 0.717) is 0 Å². The summed E-state index contributed by atoms with van der Waals surface area (Å²) in [4.78, 5) is 0. The van der Waals surface area contributed by atoms with Crippen molar-refractivity contribution < 1.29 is 45.3 Å². The zero-order chi connectivity index (χ0) is 17.6. The zero-order valence-corrected chi connectivity index (χ0v) is 10.6. The van der Waals surface area contributed by atoms with Gasteiger partial charge in [-0.1, -0.05) is 0 Å². The lowest BCUT2D eigenvalue weighted by Crippen LogP contribution is -2.09. The third kappa shape index (κ3) is 2.43. The van der Waals surface area contributed by atoms with Crippen molar-refractivity contribution in [3.05, 3.63) is 57.7 Å². The lowest BCUT2D eigenvalue weighted by Gasteiger charge is -2.11. The normalized spacial score (nSPS) is 11.1. The summed E-state index contributed by atoms with van der Waals surface area (Å²) < 4.78 is 107. The Balaban J connectivity index is 2.71. The van der Waals surface area contributed by atoms with Gasteiger partial charge in [0.25, 0.3) is 0 Å². The molecule has 0 saturated heterocycles. The summed E-state index contributed by atoms with van der Waals surface area (Å²) in [5.41, 5.74) is -3.22. The minimum atomic E-state index is -2.25. The van der Waals surface area contributed by atoms with Crippen LogP contribution in [0.3, 0.4) is 0 Å². The molecule has 2 aromatic carbocycles. The van der Waals surface area contributed by atoms with Crippen LogP contribution in [0.1, 0.15) is 11.1 Å². The number of phenolic OH excluding ortho intramolecular Hbond substituents is 2. The molecule has 0 unspecified atom stereocenters. The van der Waals surface area contributed by atoms with Crippen molar-refractivity contribution in [3.63, 3.8) is 0 Å². The van der Waals surface area contributed by atoms with Crippen LogP contribution in [0.15, 0.2) is 0 Å². The molecule has 2 nitrogen and oxygen atoms in total. The molecule has 0 fully saturated rings. The van der Waals surface area contributed by atoms with Gasteiger partial charge in [0.2, 0.25) is 23.3 Å². The minimum absolute atomic E-state index is 1.61. The Morgan fingerprint density at radius 3 is 0.870 bits per heavy atom. The van der Waals surface area contributed by atoms with Crippen molar-refractivity contribution in [2.75, 3.05) is 0 Å². The molecular weight excluding hydrogens is 340 g/mol. The van der Waals surface area contributed by atoms with Crippen molar-refractivity contribution in [2.45, 2.75) is 6.42 Å². The van der Waals surface area contributed by atoms with Crippen LogP contribution in [0.4, 0.5) is 35.1 Å². The Hall–Kier alpha value is -2.52. The van der Waals surface area contributed by atoms with E-state index in [1.165, 1.54) is 0 Å². The van der Waals surface area contributed by atoms with E-state index in [9.17, 15) is 35.1 Å². The summed E-state index contributed by atoms with van der Waals surface area (Å²) in [6.07, 6.45) is -1.63. The quantitative estimate of drug-likeness (QED) is 0.643. The van der Waals surface area contributed by atoms with E-state index in [4.69, 9.17) is 10.2 Å². The summed E-state index contributed by atoms with van der Waals surface area (Å²) in [7, 11) is 0. The fourth-order valence-corrected chi connectivity index (χ4v) is 1.82. The van der Waals surface area contributed by atoms with E-state index >= 15 is 0 Å². The number of rotatable bonds is 2. The van der Waals surface area contributed by atoms with Crippen LogP contribution in [-0.4, -0.2) is 10.2 Å². The Bertz CT molecular complexity index is 693. The molecule has 0 saturated carbocycles. The van der Waals surface area contributed by atoms with Gasteiger partial charge < -0.3 is 10.2 Å². The fourth-order valence-electron chi connectivity index (χ4n) is 1.82. The van der Waals surface area contributed by atoms with Crippen molar-refractivity contribution >= 4 is 0 Å². The Morgan fingerprint density at radius 2 is 0.652 bits per heavy atom. The average Bonchev–Trinajstić information content (AvgIpc) is 2.54. The highest BCUT2D eigenvalue weighted by Crippen LogP contribution is 2.34. The maximum atomic E-state index is 13.5. The Kier molecular flexibility index (Phi) is 4.10. The van der Waals surface area contributed by atoms with Gasteiger partial charge in [0.05, 0.1) is 0 Å². The molecule has 2 rings (SSSR count). The van der Waals surface area contributed by atoms with Gasteiger partial charge in [0.15, 0.2) is 34.8 Å². The van der Waals surface area contributed by atoms with Gasteiger partial charge in [-0.25, -0.2) is 17.6 Å². The average molecular weight is 344 g/mol. The summed E-state index contributed by atoms with van der Waals surface area (Å²) >= 11 is 0. The van der Waals surface area contributed by atoms with Gasteiger partial charge >= 0.3 is 0 Å². The number of hydrogen-bond donors (Lipinski definition) is 2. The van der Waals surface area contributed by atoms with Gasteiger partial charge in [-0.05, 0) is 0 Å². The number of halogens is 8. The first-order valence-electron chi connectivity index (χ1n) is 5.67. The van der Waals surface area contributed by atoms with Crippen LogP contribution >= 0.6 is 0 Å². The molecule has 23 heavy (non-hydrogen) atoms. The number of hydrogen-bond acceptors (Lipinski definition) is 2. The minimum Gasteiger partial charge on any atom is -0.503 e. The highest BCUT2D eigenvalue weighted by molar-refractivity contribution is 5.40. The van der Waals surface area contributed by atoms with Crippen LogP contribution in [0, 0.1) is 46.5 Å². The molecule has 2 aromatic rings. The molecular formula is C13H4F8O2. The summed E-state index contributed by atoms with van der Waals surface area (Å²) in [5, 5.41) is 17.5. The molecule has 0 aliphatic heterocycles. The predicted octanol–water partition coefficient (Wildman–Crippen LogP) is 3.80. The van der Waals surface area contributed by atoms with E-state index < -0.39 is 75.6 Å². The molecule has 0 amide bonds. The van der Waals surface area contributed by atoms with Gasteiger partial charge in [-0.3, -0.25) is 0 Å². The van der Waals surface area contributed by atoms with Crippen LogP contribution in [-0.2, 0) is 6.42 Å².